The van der Waals surface area contributed by atoms with Crippen molar-refractivity contribution in [2.45, 2.75) is 6.18 Å². The van der Waals surface area contributed by atoms with Crippen LogP contribution < -0.4 is 16.0 Å². The maximum atomic E-state index is 12.8. The molecule has 0 aliphatic rings. The summed E-state index contributed by atoms with van der Waals surface area (Å²) in [7, 11) is 1.47. The van der Waals surface area contributed by atoms with E-state index in [0.717, 1.165) is 6.07 Å². The molecule has 1 aromatic carbocycles. The van der Waals surface area contributed by atoms with Crippen LogP contribution in [0.4, 0.5) is 19.1 Å². The van der Waals surface area contributed by atoms with E-state index in [4.69, 9.17) is 10.6 Å². The number of nitrogens with two attached hydrogens (primary N) is 1. The average Bonchev–Trinajstić information content (AvgIpc) is 2.46. The molecule has 0 bridgehead atoms. The van der Waals surface area contributed by atoms with Gasteiger partial charge in [0.05, 0.1) is 12.8 Å². The molecule has 1 heterocycles. The number of anilines is 1. The van der Waals surface area contributed by atoms with E-state index in [-0.39, 0.29) is 11.6 Å². The molecule has 0 aliphatic carbocycles. The minimum Gasteiger partial charge on any atom is -0.497 e. The Hall–Kier alpha value is -2.35. The summed E-state index contributed by atoms with van der Waals surface area (Å²) >= 11 is 0. The number of nitrogen functional groups attached to an aromatic ring is 1. The van der Waals surface area contributed by atoms with Crippen molar-refractivity contribution < 1.29 is 17.9 Å². The van der Waals surface area contributed by atoms with Crippen molar-refractivity contribution >= 4 is 5.95 Å². The van der Waals surface area contributed by atoms with Crippen molar-refractivity contribution in [1.82, 2.24) is 9.97 Å². The highest BCUT2D eigenvalue weighted by atomic mass is 19.4. The first-order valence-corrected chi connectivity index (χ1v) is 5.51. The van der Waals surface area contributed by atoms with Gasteiger partial charge in [0.1, 0.15) is 5.75 Å². The fraction of sp³-hybridized carbons (Fsp3) is 0.167. The fourth-order valence-electron chi connectivity index (χ4n) is 1.59. The number of hydrogen-bond acceptors (Lipinski definition) is 5. The van der Waals surface area contributed by atoms with Crippen LogP contribution in [0.5, 0.6) is 5.75 Å². The quantitative estimate of drug-likeness (QED) is 0.669. The predicted molar refractivity (Wildman–Crippen MR) is 66.8 cm³/mol. The van der Waals surface area contributed by atoms with Gasteiger partial charge in [-0.25, -0.2) is 15.8 Å². The van der Waals surface area contributed by atoms with Crippen molar-refractivity contribution in [3.63, 3.8) is 0 Å². The summed E-state index contributed by atoms with van der Waals surface area (Å²) in [5, 5.41) is 0. The molecule has 0 spiro atoms. The molecule has 0 saturated heterocycles. The van der Waals surface area contributed by atoms with Crippen LogP contribution in [0.2, 0.25) is 0 Å². The Bertz CT molecular complexity index is 616. The van der Waals surface area contributed by atoms with Crippen LogP contribution in [0, 0.1) is 0 Å². The largest absolute Gasteiger partial charge is 0.497 e. The van der Waals surface area contributed by atoms with Gasteiger partial charge in [-0.15, -0.1) is 0 Å². The maximum absolute atomic E-state index is 12.8. The molecular formula is C12H11F3N4O. The molecule has 3 N–H and O–H groups in total. The van der Waals surface area contributed by atoms with Crippen LogP contribution in [0.15, 0.2) is 30.3 Å². The van der Waals surface area contributed by atoms with E-state index in [1.54, 1.807) is 24.3 Å². The number of alkyl halides is 3. The summed E-state index contributed by atoms with van der Waals surface area (Å²) in [5.74, 6) is 5.30. The lowest BCUT2D eigenvalue weighted by Crippen LogP contribution is -2.15. The molecule has 20 heavy (non-hydrogen) atoms. The molecule has 0 fully saturated rings. The van der Waals surface area contributed by atoms with Crippen molar-refractivity contribution in [3.05, 3.63) is 36.0 Å². The Labute approximate surface area is 112 Å². The molecule has 0 unspecified atom stereocenters. The second-order valence-electron chi connectivity index (χ2n) is 3.84. The Morgan fingerprint density at radius 2 is 1.95 bits per heavy atom. The van der Waals surface area contributed by atoms with Gasteiger partial charge in [0, 0.05) is 5.56 Å². The van der Waals surface area contributed by atoms with E-state index >= 15 is 0 Å². The van der Waals surface area contributed by atoms with Gasteiger partial charge in [-0.1, -0.05) is 12.1 Å². The fourth-order valence-corrected chi connectivity index (χ4v) is 1.59. The number of benzene rings is 1. The molecule has 0 saturated carbocycles. The first kappa shape index (κ1) is 14.1. The van der Waals surface area contributed by atoms with E-state index in [1.165, 1.54) is 7.11 Å². The second kappa shape index (κ2) is 5.33. The summed E-state index contributed by atoms with van der Waals surface area (Å²) in [5.41, 5.74) is 1.52. The molecule has 0 radical (unpaired) electrons. The highest BCUT2D eigenvalue weighted by Crippen LogP contribution is 2.31. The molecule has 0 amide bonds. The SMILES string of the molecule is COc1cccc(-c2cc(C(F)(F)F)nc(NN)n2)c1. The Kier molecular flexibility index (Phi) is 3.75. The zero-order valence-corrected chi connectivity index (χ0v) is 10.4. The van der Waals surface area contributed by atoms with E-state index in [0.29, 0.717) is 11.3 Å². The highest BCUT2D eigenvalue weighted by Gasteiger charge is 2.33. The van der Waals surface area contributed by atoms with Crippen molar-refractivity contribution in [2.24, 2.45) is 5.84 Å². The number of hydrogen-bond donors (Lipinski definition) is 2. The second-order valence-corrected chi connectivity index (χ2v) is 3.84. The number of ether oxygens (including phenoxy) is 1. The van der Waals surface area contributed by atoms with Gasteiger partial charge in [-0.3, -0.25) is 5.43 Å². The Morgan fingerprint density at radius 1 is 1.20 bits per heavy atom. The van der Waals surface area contributed by atoms with Gasteiger partial charge < -0.3 is 4.74 Å². The highest BCUT2D eigenvalue weighted by molar-refractivity contribution is 5.62. The number of nitrogens with zero attached hydrogens (tertiary/aromatic N) is 2. The minimum absolute atomic E-state index is 0.0965. The van der Waals surface area contributed by atoms with Gasteiger partial charge in [0.15, 0.2) is 5.69 Å². The van der Waals surface area contributed by atoms with Gasteiger partial charge >= 0.3 is 6.18 Å². The normalized spacial score (nSPS) is 11.2. The molecule has 2 rings (SSSR count). The van der Waals surface area contributed by atoms with Crippen LogP contribution in [0.3, 0.4) is 0 Å². The molecule has 1 aromatic heterocycles. The third-order valence-electron chi connectivity index (χ3n) is 2.51. The molecule has 2 aromatic rings. The molecule has 106 valence electrons. The van der Waals surface area contributed by atoms with Gasteiger partial charge in [0.2, 0.25) is 5.95 Å². The first-order chi connectivity index (χ1) is 9.44. The van der Waals surface area contributed by atoms with Crippen LogP contribution in [-0.4, -0.2) is 17.1 Å². The van der Waals surface area contributed by atoms with Crippen LogP contribution in [0.25, 0.3) is 11.3 Å². The lowest BCUT2D eigenvalue weighted by atomic mass is 10.1. The van der Waals surface area contributed by atoms with Crippen LogP contribution in [-0.2, 0) is 6.18 Å². The predicted octanol–water partition coefficient (Wildman–Crippen LogP) is 2.46. The summed E-state index contributed by atoms with van der Waals surface area (Å²) in [4.78, 5) is 7.20. The summed E-state index contributed by atoms with van der Waals surface area (Å²) < 4.78 is 43.3. The first-order valence-electron chi connectivity index (χ1n) is 5.51. The van der Waals surface area contributed by atoms with Crippen molar-refractivity contribution in [1.29, 1.82) is 0 Å². The molecular weight excluding hydrogens is 273 g/mol. The maximum Gasteiger partial charge on any atom is 0.433 e. The summed E-state index contributed by atoms with van der Waals surface area (Å²) in [6.45, 7) is 0. The Morgan fingerprint density at radius 3 is 2.55 bits per heavy atom. The van der Waals surface area contributed by atoms with Crippen molar-refractivity contribution in [3.8, 4) is 17.0 Å². The monoisotopic (exact) mass is 284 g/mol. The van der Waals surface area contributed by atoms with E-state index in [1.807, 2.05) is 5.43 Å². The van der Waals surface area contributed by atoms with E-state index < -0.39 is 11.9 Å². The average molecular weight is 284 g/mol. The number of aromatic nitrogens is 2. The zero-order valence-electron chi connectivity index (χ0n) is 10.4. The van der Waals surface area contributed by atoms with E-state index in [9.17, 15) is 13.2 Å². The molecule has 0 aliphatic heterocycles. The zero-order chi connectivity index (χ0) is 14.8. The minimum atomic E-state index is -4.58. The molecule has 8 heteroatoms. The molecule has 5 nitrogen and oxygen atoms in total. The third-order valence-corrected chi connectivity index (χ3v) is 2.51. The smallest absolute Gasteiger partial charge is 0.433 e. The number of hydrazine groups is 1. The third kappa shape index (κ3) is 2.97. The van der Waals surface area contributed by atoms with Gasteiger partial charge in [-0.2, -0.15) is 13.2 Å². The van der Waals surface area contributed by atoms with Crippen molar-refractivity contribution in [2.75, 3.05) is 12.5 Å². The molecule has 0 atom stereocenters. The van der Waals surface area contributed by atoms with Crippen LogP contribution >= 0.6 is 0 Å². The van der Waals surface area contributed by atoms with Crippen LogP contribution in [0.1, 0.15) is 5.69 Å². The number of methoxy groups -OCH3 is 1. The number of nitrogens with one attached hydrogen (secondary N) is 1. The lowest BCUT2D eigenvalue weighted by Gasteiger charge is -2.10. The van der Waals surface area contributed by atoms with E-state index in [2.05, 4.69) is 9.97 Å². The van der Waals surface area contributed by atoms with Gasteiger partial charge in [0.25, 0.3) is 0 Å². The lowest BCUT2D eigenvalue weighted by molar-refractivity contribution is -0.141. The summed E-state index contributed by atoms with van der Waals surface area (Å²) in [6, 6.07) is 7.38. The topological polar surface area (TPSA) is 73.1 Å². The number of rotatable bonds is 3. The van der Waals surface area contributed by atoms with Gasteiger partial charge in [-0.05, 0) is 18.2 Å². The Balaban J connectivity index is 2.55. The summed E-state index contributed by atoms with van der Waals surface area (Å²) in [6.07, 6.45) is -4.58. The standard InChI is InChI=1S/C12H11F3N4O/c1-20-8-4-2-3-7(5-8)9-6-10(12(13,14)15)18-11(17-9)19-16/h2-6H,16H2,1H3,(H,17,18,19). The number of halogens is 3.